The normalized spacial score (nSPS) is 10.8. The predicted octanol–water partition coefficient (Wildman–Crippen LogP) is 2.35. The Kier molecular flexibility index (Phi) is 4.57. The molecule has 0 unspecified atom stereocenters. The molecule has 0 saturated carbocycles. The van der Waals surface area contributed by atoms with Crippen molar-refractivity contribution in [1.82, 2.24) is 15.1 Å². The summed E-state index contributed by atoms with van der Waals surface area (Å²) in [4.78, 5) is 12.3. The van der Waals surface area contributed by atoms with E-state index in [4.69, 9.17) is 0 Å². The lowest BCUT2D eigenvalue weighted by Crippen LogP contribution is -2.15. The minimum Gasteiger partial charge on any atom is -0.325 e. The number of amides is 1. The zero-order valence-corrected chi connectivity index (χ0v) is 13.1. The average molecular weight is 292 g/mol. The second kappa shape index (κ2) is 6.19. The number of anilines is 1. The number of carbonyl (C=O) groups is 1. The molecule has 0 fully saturated rings. The van der Waals surface area contributed by atoms with Gasteiger partial charge in [-0.3, -0.25) is 9.48 Å². The van der Waals surface area contributed by atoms with Crippen LogP contribution >= 0.6 is 11.3 Å². The highest BCUT2D eigenvalue weighted by Crippen LogP contribution is 2.22. The molecule has 0 saturated heterocycles. The molecule has 0 aliphatic heterocycles. The molecule has 0 radical (unpaired) electrons. The number of carbonyl (C=O) groups excluding carboxylic acids is 1. The number of rotatable bonds is 5. The Morgan fingerprint density at radius 1 is 1.40 bits per heavy atom. The van der Waals surface area contributed by atoms with E-state index in [0.717, 1.165) is 29.3 Å². The maximum Gasteiger partial charge on any atom is 0.221 e. The maximum atomic E-state index is 11.1. The molecule has 2 aromatic heterocycles. The van der Waals surface area contributed by atoms with E-state index in [0.29, 0.717) is 0 Å². The lowest BCUT2D eigenvalue weighted by atomic mass is 10.2. The molecule has 108 valence electrons. The van der Waals surface area contributed by atoms with E-state index < -0.39 is 0 Å². The van der Waals surface area contributed by atoms with Crippen LogP contribution in [-0.4, -0.2) is 15.7 Å². The van der Waals surface area contributed by atoms with Gasteiger partial charge in [0.2, 0.25) is 5.91 Å². The number of hydrogen-bond donors (Lipinski definition) is 2. The summed E-state index contributed by atoms with van der Waals surface area (Å²) in [6.07, 6.45) is 0. The van der Waals surface area contributed by atoms with Gasteiger partial charge in [-0.2, -0.15) is 5.10 Å². The minimum atomic E-state index is -0.0383. The number of nitrogens with one attached hydrogen (secondary N) is 2. The summed E-state index contributed by atoms with van der Waals surface area (Å²) >= 11 is 1.64. The third-order valence-electron chi connectivity index (χ3n) is 3.30. The Bertz CT molecular complexity index is 615. The van der Waals surface area contributed by atoms with Crippen molar-refractivity contribution in [2.24, 2.45) is 7.05 Å². The Morgan fingerprint density at radius 3 is 2.75 bits per heavy atom. The largest absolute Gasteiger partial charge is 0.325 e. The standard InChI is InChI=1S/C14H20N4OS/c1-9-12(10(2)18(4)17-9)7-15-8-14-13(5-6-20-14)16-11(3)19/h5-6,15H,7-8H2,1-4H3,(H,16,19). The molecule has 5 nitrogen and oxygen atoms in total. The summed E-state index contributed by atoms with van der Waals surface area (Å²) in [5.41, 5.74) is 4.38. The first-order valence-corrected chi connectivity index (χ1v) is 7.40. The van der Waals surface area contributed by atoms with Crippen LogP contribution < -0.4 is 10.6 Å². The Hall–Kier alpha value is -1.66. The van der Waals surface area contributed by atoms with Gasteiger partial charge in [-0.05, 0) is 25.3 Å². The zero-order chi connectivity index (χ0) is 14.7. The van der Waals surface area contributed by atoms with Crippen LogP contribution in [0.1, 0.15) is 28.8 Å². The topological polar surface area (TPSA) is 59.0 Å². The molecule has 1 amide bonds. The molecule has 0 spiro atoms. The Labute approximate surface area is 123 Å². The van der Waals surface area contributed by atoms with Crippen molar-refractivity contribution in [3.05, 3.63) is 33.3 Å². The van der Waals surface area contributed by atoms with Crippen LogP contribution in [0.2, 0.25) is 0 Å². The third kappa shape index (κ3) is 3.26. The van der Waals surface area contributed by atoms with Crippen LogP contribution in [0.5, 0.6) is 0 Å². The van der Waals surface area contributed by atoms with E-state index >= 15 is 0 Å². The van der Waals surface area contributed by atoms with Crippen molar-refractivity contribution in [1.29, 1.82) is 0 Å². The lowest BCUT2D eigenvalue weighted by molar-refractivity contribution is -0.114. The fourth-order valence-electron chi connectivity index (χ4n) is 2.15. The number of thiophene rings is 1. The van der Waals surface area contributed by atoms with E-state index in [-0.39, 0.29) is 5.91 Å². The molecule has 0 aromatic carbocycles. The van der Waals surface area contributed by atoms with Gasteiger partial charge in [0, 0.05) is 43.2 Å². The molecule has 2 rings (SSSR count). The second-order valence-electron chi connectivity index (χ2n) is 4.82. The molecule has 0 aliphatic rings. The number of aryl methyl sites for hydroxylation is 2. The van der Waals surface area contributed by atoms with Gasteiger partial charge in [0.25, 0.3) is 0 Å². The molecule has 2 aromatic rings. The number of hydrogen-bond acceptors (Lipinski definition) is 4. The zero-order valence-electron chi connectivity index (χ0n) is 12.3. The molecule has 0 bridgehead atoms. The van der Waals surface area contributed by atoms with E-state index in [9.17, 15) is 4.79 Å². The third-order valence-corrected chi connectivity index (χ3v) is 4.22. The SMILES string of the molecule is CC(=O)Nc1ccsc1CNCc1c(C)nn(C)c1C. The van der Waals surface area contributed by atoms with Crippen molar-refractivity contribution in [3.8, 4) is 0 Å². The van der Waals surface area contributed by atoms with E-state index in [1.807, 2.05) is 30.1 Å². The summed E-state index contributed by atoms with van der Waals surface area (Å²) < 4.78 is 1.90. The molecule has 0 atom stereocenters. The van der Waals surface area contributed by atoms with Gasteiger partial charge in [0.05, 0.1) is 11.4 Å². The molecular formula is C14H20N4OS. The highest BCUT2D eigenvalue weighted by molar-refractivity contribution is 7.10. The minimum absolute atomic E-state index is 0.0383. The molecular weight excluding hydrogens is 272 g/mol. The van der Waals surface area contributed by atoms with Crippen LogP contribution in [0.15, 0.2) is 11.4 Å². The van der Waals surface area contributed by atoms with Gasteiger partial charge in [-0.1, -0.05) is 0 Å². The van der Waals surface area contributed by atoms with Crippen molar-refractivity contribution in [2.75, 3.05) is 5.32 Å². The van der Waals surface area contributed by atoms with E-state index in [2.05, 4.69) is 22.7 Å². The van der Waals surface area contributed by atoms with Crippen molar-refractivity contribution < 1.29 is 4.79 Å². The van der Waals surface area contributed by atoms with Gasteiger partial charge in [0.15, 0.2) is 0 Å². The van der Waals surface area contributed by atoms with E-state index in [1.54, 1.807) is 11.3 Å². The van der Waals surface area contributed by atoms with Gasteiger partial charge in [0.1, 0.15) is 0 Å². The molecule has 6 heteroatoms. The molecule has 20 heavy (non-hydrogen) atoms. The van der Waals surface area contributed by atoms with Crippen LogP contribution in [0.25, 0.3) is 0 Å². The van der Waals surface area contributed by atoms with Crippen molar-refractivity contribution in [2.45, 2.75) is 33.9 Å². The van der Waals surface area contributed by atoms with Crippen LogP contribution in [0.4, 0.5) is 5.69 Å². The maximum absolute atomic E-state index is 11.1. The van der Waals surface area contributed by atoms with Gasteiger partial charge in [-0.25, -0.2) is 0 Å². The molecule has 2 heterocycles. The molecule has 2 N–H and O–H groups in total. The highest BCUT2D eigenvalue weighted by Gasteiger charge is 2.10. The fraction of sp³-hybridized carbons (Fsp3) is 0.429. The Balaban J connectivity index is 1.96. The first-order chi connectivity index (χ1) is 9.49. The quantitative estimate of drug-likeness (QED) is 0.889. The monoisotopic (exact) mass is 292 g/mol. The van der Waals surface area contributed by atoms with Gasteiger partial charge in [-0.15, -0.1) is 11.3 Å². The summed E-state index contributed by atoms with van der Waals surface area (Å²) in [6, 6.07) is 1.93. The summed E-state index contributed by atoms with van der Waals surface area (Å²) in [7, 11) is 1.96. The van der Waals surface area contributed by atoms with Crippen molar-refractivity contribution >= 4 is 22.9 Å². The summed E-state index contributed by atoms with van der Waals surface area (Å²) in [5, 5.41) is 12.7. The first kappa shape index (κ1) is 14.7. The van der Waals surface area contributed by atoms with Gasteiger partial charge >= 0.3 is 0 Å². The van der Waals surface area contributed by atoms with Crippen LogP contribution in [0.3, 0.4) is 0 Å². The fourth-order valence-corrected chi connectivity index (χ4v) is 2.95. The predicted molar refractivity (Wildman–Crippen MR) is 81.8 cm³/mol. The van der Waals surface area contributed by atoms with Gasteiger partial charge < -0.3 is 10.6 Å². The molecule has 0 aliphatic carbocycles. The second-order valence-corrected chi connectivity index (χ2v) is 5.82. The van der Waals surface area contributed by atoms with Crippen LogP contribution in [-0.2, 0) is 24.9 Å². The average Bonchev–Trinajstić information content (AvgIpc) is 2.88. The Morgan fingerprint density at radius 2 is 2.15 bits per heavy atom. The van der Waals surface area contributed by atoms with Crippen LogP contribution in [0, 0.1) is 13.8 Å². The highest BCUT2D eigenvalue weighted by atomic mass is 32.1. The lowest BCUT2D eigenvalue weighted by Gasteiger charge is -2.07. The number of nitrogens with zero attached hydrogens (tertiary/aromatic N) is 2. The van der Waals surface area contributed by atoms with E-state index in [1.165, 1.54) is 18.2 Å². The summed E-state index contributed by atoms with van der Waals surface area (Å²) in [6.45, 7) is 7.14. The first-order valence-electron chi connectivity index (χ1n) is 6.52. The van der Waals surface area contributed by atoms with Crippen molar-refractivity contribution in [3.63, 3.8) is 0 Å². The summed E-state index contributed by atoms with van der Waals surface area (Å²) in [5.74, 6) is -0.0383. The number of aromatic nitrogens is 2. The smallest absolute Gasteiger partial charge is 0.221 e.